The van der Waals surface area contributed by atoms with Crippen molar-refractivity contribution in [2.45, 2.75) is 12.6 Å². The molecule has 6 rings (SSSR count). The minimum Gasteiger partial charge on any atom is -0.494 e. The third-order valence-corrected chi connectivity index (χ3v) is 6.97. The van der Waals surface area contributed by atoms with Crippen LogP contribution in [-0.2, 0) is 6.18 Å². The summed E-state index contributed by atoms with van der Waals surface area (Å²) in [5, 5.41) is 0. The number of oxazole rings is 1. The Labute approximate surface area is 240 Å². The van der Waals surface area contributed by atoms with Gasteiger partial charge in [-0.1, -0.05) is 0 Å². The van der Waals surface area contributed by atoms with E-state index >= 15 is 0 Å². The van der Waals surface area contributed by atoms with Gasteiger partial charge in [0.2, 0.25) is 11.8 Å². The molecule has 216 valence electrons. The van der Waals surface area contributed by atoms with Crippen molar-refractivity contribution in [3.05, 3.63) is 90.8 Å². The molecule has 0 atom stereocenters. The highest BCUT2D eigenvalue weighted by atomic mass is 19.4. The van der Waals surface area contributed by atoms with Gasteiger partial charge in [0.25, 0.3) is 0 Å². The molecule has 8 nitrogen and oxygen atoms in total. The normalized spacial score (nSPS) is 14.3. The molecular weight excluding hydrogens is 547 g/mol. The second-order valence-corrected chi connectivity index (χ2v) is 9.88. The van der Waals surface area contributed by atoms with Crippen LogP contribution in [-0.4, -0.2) is 59.2 Å². The van der Waals surface area contributed by atoms with Crippen LogP contribution in [0, 0.1) is 0 Å². The topological polar surface area (TPSA) is 76.8 Å². The van der Waals surface area contributed by atoms with Gasteiger partial charge in [-0.05, 0) is 73.2 Å². The summed E-state index contributed by atoms with van der Waals surface area (Å²) in [4.78, 5) is 17.9. The molecule has 2 aromatic heterocycles. The van der Waals surface area contributed by atoms with Crippen molar-refractivity contribution in [3.63, 3.8) is 0 Å². The van der Waals surface area contributed by atoms with Crippen LogP contribution in [0.5, 0.6) is 17.2 Å². The van der Waals surface area contributed by atoms with Crippen molar-refractivity contribution in [1.29, 1.82) is 0 Å². The number of aromatic nitrogens is 3. The lowest BCUT2D eigenvalue weighted by atomic mass is 10.2. The maximum Gasteiger partial charge on any atom is 0.416 e. The SMILES string of the molecule is FC(F)(F)c1ccc(Oc2ccc3oc(-c4ccc(OCCCN5CCN(c6ncccn6)CC5)cc4)nc3c2)cc1. The molecule has 0 unspecified atom stereocenters. The Morgan fingerprint density at radius 2 is 1.50 bits per heavy atom. The number of hydrogen-bond acceptors (Lipinski definition) is 8. The van der Waals surface area contributed by atoms with Gasteiger partial charge in [0.05, 0.1) is 12.2 Å². The zero-order valence-corrected chi connectivity index (χ0v) is 22.6. The van der Waals surface area contributed by atoms with E-state index in [9.17, 15) is 13.2 Å². The van der Waals surface area contributed by atoms with Gasteiger partial charge in [0.1, 0.15) is 22.8 Å². The van der Waals surface area contributed by atoms with Gasteiger partial charge >= 0.3 is 6.18 Å². The van der Waals surface area contributed by atoms with Crippen molar-refractivity contribution < 1.29 is 27.1 Å². The van der Waals surface area contributed by atoms with E-state index in [4.69, 9.17) is 13.9 Å². The number of rotatable bonds is 9. The smallest absolute Gasteiger partial charge is 0.416 e. The Hall–Kier alpha value is -4.64. The molecular formula is C31H28F3N5O3. The minimum atomic E-state index is -4.39. The molecule has 0 amide bonds. The number of ether oxygens (including phenoxy) is 2. The summed E-state index contributed by atoms with van der Waals surface area (Å²) in [6.45, 7) is 5.35. The molecule has 42 heavy (non-hydrogen) atoms. The fraction of sp³-hybridized carbons (Fsp3) is 0.258. The minimum absolute atomic E-state index is 0.294. The first-order chi connectivity index (χ1) is 20.4. The van der Waals surface area contributed by atoms with E-state index in [0.717, 1.165) is 68.5 Å². The molecule has 11 heteroatoms. The van der Waals surface area contributed by atoms with Gasteiger partial charge in [-0.25, -0.2) is 15.0 Å². The lowest BCUT2D eigenvalue weighted by molar-refractivity contribution is -0.137. The van der Waals surface area contributed by atoms with Crippen LogP contribution < -0.4 is 14.4 Å². The van der Waals surface area contributed by atoms with E-state index in [2.05, 4.69) is 24.8 Å². The molecule has 0 N–H and O–H groups in total. The fourth-order valence-electron chi connectivity index (χ4n) is 4.74. The van der Waals surface area contributed by atoms with Gasteiger partial charge < -0.3 is 18.8 Å². The molecule has 3 aromatic carbocycles. The highest BCUT2D eigenvalue weighted by molar-refractivity contribution is 5.78. The van der Waals surface area contributed by atoms with Crippen molar-refractivity contribution in [1.82, 2.24) is 19.9 Å². The average molecular weight is 576 g/mol. The number of anilines is 1. The monoisotopic (exact) mass is 575 g/mol. The summed E-state index contributed by atoms with van der Waals surface area (Å²) < 4.78 is 56.0. The van der Waals surface area contributed by atoms with Crippen LogP contribution in [0.1, 0.15) is 12.0 Å². The molecule has 1 aliphatic rings. The molecule has 1 saturated heterocycles. The van der Waals surface area contributed by atoms with E-state index in [1.54, 1.807) is 30.6 Å². The third kappa shape index (κ3) is 6.63. The highest BCUT2D eigenvalue weighted by Crippen LogP contribution is 2.33. The second kappa shape index (κ2) is 12.1. The Morgan fingerprint density at radius 1 is 0.810 bits per heavy atom. The molecule has 0 saturated carbocycles. The quantitative estimate of drug-likeness (QED) is 0.180. The lowest BCUT2D eigenvalue weighted by Gasteiger charge is -2.34. The maximum atomic E-state index is 12.8. The van der Waals surface area contributed by atoms with E-state index < -0.39 is 11.7 Å². The first-order valence-corrected chi connectivity index (χ1v) is 13.6. The summed E-state index contributed by atoms with van der Waals surface area (Å²) in [5.74, 6) is 2.74. The molecule has 0 radical (unpaired) electrons. The van der Waals surface area contributed by atoms with Crippen LogP contribution in [0.4, 0.5) is 19.1 Å². The Morgan fingerprint density at radius 3 is 2.21 bits per heavy atom. The van der Waals surface area contributed by atoms with E-state index in [1.807, 2.05) is 30.3 Å². The zero-order valence-electron chi connectivity index (χ0n) is 22.6. The summed E-state index contributed by atoms with van der Waals surface area (Å²) in [6.07, 6.45) is 0.0735. The van der Waals surface area contributed by atoms with Crippen LogP contribution in [0.15, 0.2) is 89.6 Å². The van der Waals surface area contributed by atoms with Crippen LogP contribution >= 0.6 is 0 Å². The van der Waals surface area contributed by atoms with Gasteiger partial charge in [0.15, 0.2) is 5.58 Å². The average Bonchev–Trinajstić information content (AvgIpc) is 3.44. The Balaban J connectivity index is 0.983. The van der Waals surface area contributed by atoms with Crippen molar-refractivity contribution in [3.8, 4) is 28.7 Å². The number of hydrogen-bond donors (Lipinski definition) is 0. The largest absolute Gasteiger partial charge is 0.494 e. The van der Waals surface area contributed by atoms with Gasteiger partial charge in [-0.2, -0.15) is 13.2 Å². The maximum absolute atomic E-state index is 12.8. The number of halogens is 3. The number of alkyl halides is 3. The predicted molar refractivity (Wildman–Crippen MR) is 152 cm³/mol. The second-order valence-electron chi connectivity index (χ2n) is 9.88. The number of benzene rings is 3. The molecule has 0 aliphatic carbocycles. The fourth-order valence-corrected chi connectivity index (χ4v) is 4.74. The lowest BCUT2D eigenvalue weighted by Crippen LogP contribution is -2.47. The first kappa shape index (κ1) is 27.5. The van der Waals surface area contributed by atoms with E-state index in [1.165, 1.54) is 12.1 Å². The van der Waals surface area contributed by atoms with Gasteiger partial charge in [-0.15, -0.1) is 0 Å². The van der Waals surface area contributed by atoms with Crippen LogP contribution in [0.25, 0.3) is 22.6 Å². The number of nitrogens with zero attached hydrogens (tertiary/aromatic N) is 5. The number of piperazine rings is 1. The molecule has 1 fully saturated rings. The zero-order chi connectivity index (χ0) is 28.9. The summed E-state index contributed by atoms with van der Waals surface area (Å²) in [6, 6.07) is 19.0. The Bertz CT molecular complexity index is 1600. The van der Waals surface area contributed by atoms with Crippen molar-refractivity contribution in [2.75, 3.05) is 44.2 Å². The Kier molecular flexibility index (Phi) is 7.91. The van der Waals surface area contributed by atoms with Crippen molar-refractivity contribution in [2.24, 2.45) is 0 Å². The van der Waals surface area contributed by atoms with Crippen LogP contribution in [0.3, 0.4) is 0 Å². The number of fused-ring (bicyclic) bond motifs is 1. The van der Waals surface area contributed by atoms with E-state index in [0.29, 0.717) is 35.1 Å². The van der Waals surface area contributed by atoms with Crippen LogP contribution in [0.2, 0.25) is 0 Å². The van der Waals surface area contributed by atoms with Crippen molar-refractivity contribution >= 4 is 17.0 Å². The summed E-state index contributed by atoms with van der Waals surface area (Å²) in [7, 11) is 0. The van der Waals surface area contributed by atoms with Gasteiger partial charge in [0, 0.05) is 56.7 Å². The first-order valence-electron chi connectivity index (χ1n) is 13.6. The standard InChI is InChI=1S/C31H28F3N5O3/c32-31(33,34)23-5-9-25(10-6-23)41-26-11-12-28-27(21-26)37-29(42-28)22-3-7-24(8-4-22)40-20-2-15-38-16-18-39(19-17-38)30-35-13-1-14-36-30/h1,3-14,21H,2,15-20H2. The summed E-state index contributed by atoms with van der Waals surface area (Å²) >= 11 is 0. The third-order valence-electron chi connectivity index (χ3n) is 6.97. The molecule has 3 heterocycles. The van der Waals surface area contributed by atoms with E-state index in [-0.39, 0.29) is 0 Å². The summed E-state index contributed by atoms with van der Waals surface area (Å²) in [5.41, 5.74) is 1.21. The molecule has 0 bridgehead atoms. The molecule has 5 aromatic rings. The predicted octanol–water partition coefficient (Wildman–Crippen LogP) is 6.69. The molecule has 0 spiro atoms. The highest BCUT2D eigenvalue weighted by Gasteiger charge is 2.30. The van der Waals surface area contributed by atoms with Gasteiger partial charge in [-0.3, -0.25) is 4.90 Å². The molecule has 1 aliphatic heterocycles.